The molecule has 2 aromatic heterocycles. The normalized spacial score (nSPS) is 12.4. The molecule has 136 valence electrons. The van der Waals surface area contributed by atoms with E-state index in [1.165, 1.54) is 11.8 Å². The largest absolute Gasteiger partial charge is 0.419 e. The van der Waals surface area contributed by atoms with Crippen LogP contribution in [0.15, 0.2) is 69.0 Å². The number of rotatable bonds is 5. The molecule has 7 heteroatoms. The lowest BCUT2D eigenvalue weighted by Crippen LogP contribution is -2.22. The molecule has 0 N–H and O–H groups in total. The zero-order valence-electron chi connectivity index (χ0n) is 15.0. The van der Waals surface area contributed by atoms with Crippen molar-refractivity contribution in [2.75, 3.05) is 0 Å². The Bertz CT molecular complexity index is 1140. The minimum Gasteiger partial charge on any atom is -0.419 e. The van der Waals surface area contributed by atoms with Crippen LogP contribution in [-0.2, 0) is 6.54 Å². The van der Waals surface area contributed by atoms with E-state index in [-0.39, 0.29) is 10.8 Å². The fourth-order valence-electron chi connectivity index (χ4n) is 2.82. The van der Waals surface area contributed by atoms with Crippen LogP contribution in [0.1, 0.15) is 25.0 Å². The smallest absolute Gasteiger partial charge is 0.262 e. The lowest BCUT2D eigenvalue weighted by molar-refractivity contribution is 0.508. The maximum Gasteiger partial charge on any atom is 0.262 e. The number of thioether (sulfide) groups is 1. The topological polar surface area (TPSA) is 73.8 Å². The molecule has 0 spiro atoms. The molecule has 4 aromatic rings. The van der Waals surface area contributed by atoms with Crippen LogP contribution < -0.4 is 5.56 Å². The summed E-state index contributed by atoms with van der Waals surface area (Å²) in [5.41, 5.74) is 1.54. The monoisotopic (exact) mass is 378 g/mol. The fourth-order valence-corrected chi connectivity index (χ4v) is 3.82. The summed E-state index contributed by atoms with van der Waals surface area (Å²) in [6, 6.07) is 17.0. The Morgan fingerprint density at radius 3 is 2.59 bits per heavy atom. The van der Waals surface area contributed by atoms with Crippen LogP contribution in [0, 0.1) is 0 Å². The number of benzene rings is 2. The van der Waals surface area contributed by atoms with E-state index in [0.29, 0.717) is 34.4 Å². The first-order valence-electron chi connectivity index (χ1n) is 8.72. The maximum atomic E-state index is 12.7. The fraction of sp³-hybridized carbons (Fsp3) is 0.200. The molecule has 1 unspecified atom stereocenters. The summed E-state index contributed by atoms with van der Waals surface area (Å²) in [5.74, 6) is 0.987. The predicted octanol–water partition coefficient (Wildman–Crippen LogP) is 4.32. The van der Waals surface area contributed by atoms with Crippen molar-refractivity contribution < 1.29 is 4.42 Å². The Labute approximate surface area is 160 Å². The minimum atomic E-state index is -0.138. The molecule has 0 radical (unpaired) electrons. The van der Waals surface area contributed by atoms with E-state index in [1.54, 1.807) is 10.6 Å². The first-order valence-corrected chi connectivity index (χ1v) is 9.60. The van der Waals surface area contributed by atoms with Gasteiger partial charge in [0.05, 0.1) is 16.2 Å². The van der Waals surface area contributed by atoms with E-state index in [1.807, 2.05) is 62.4 Å². The number of nitrogens with zero attached hydrogens (tertiary/aromatic N) is 4. The third kappa shape index (κ3) is 3.38. The van der Waals surface area contributed by atoms with Gasteiger partial charge >= 0.3 is 0 Å². The van der Waals surface area contributed by atoms with Gasteiger partial charge in [0.2, 0.25) is 11.8 Å². The molecule has 0 aliphatic rings. The summed E-state index contributed by atoms with van der Waals surface area (Å²) in [7, 11) is 0. The summed E-state index contributed by atoms with van der Waals surface area (Å²) in [4.78, 5) is 17.4. The van der Waals surface area contributed by atoms with E-state index in [4.69, 9.17) is 4.42 Å². The van der Waals surface area contributed by atoms with Crippen molar-refractivity contribution in [2.45, 2.75) is 30.8 Å². The Morgan fingerprint density at radius 2 is 1.81 bits per heavy atom. The van der Waals surface area contributed by atoms with Crippen LogP contribution in [-0.4, -0.2) is 19.7 Å². The van der Waals surface area contributed by atoms with Gasteiger partial charge in [-0.15, -0.1) is 10.2 Å². The van der Waals surface area contributed by atoms with Gasteiger partial charge in [0, 0.05) is 12.1 Å². The van der Waals surface area contributed by atoms with E-state index in [0.717, 1.165) is 5.56 Å². The molecule has 0 saturated carbocycles. The molecule has 0 aliphatic carbocycles. The average molecular weight is 378 g/mol. The molecule has 0 saturated heterocycles. The summed E-state index contributed by atoms with van der Waals surface area (Å²) in [6.07, 6.45) is 0. The van der Waals surface area contributed by atoms with Gasteiger partial charge in [-0.3, -0.25) is 9.36 Å². The molecule has 0 fully saturated rings. The van der Waals surface area contributed by atoms with Gasteiger partial charge in [0.15, 0.2) is 5.16 Å². The van der Waals surface area contributed by atoms with Gasteiger partial charge in [0.1, 0.15) is 0 Å². The molecule has 4 rings (SSSR count). The Balaban J connectivity index is 1.66. The first kappa shape index (κ1) is 17.5. The quantitative estimate of drug-likeness (QED) is 0.380. The molecule has 0 amide bonds. The standard InChI is InChI=1S/C20H18N4O2S/c1-3-24-19(25)15-11-7-8-12-16(15)21-20(24)27-13(2)17-22-23-18(26-17)14-9-5-4-6-10-14/h4-13H,3H2,1-2H3. The zero-order valence-corrected chi connectivity index (χ0v) is 15.8. The van der Waals surface area contributed by atoms with Crippen molar-refractivity contribution in [3.05, 3.63) is 70.8 Å². The summed E-state index contributed by atoms with van der Waals surface area (Å²) >= 11 is 1.44. The van der Waals surface area contributed by atoms with Crippen LogP contribution in [0.2, 0.25) is 0 Å². The molecule has 0 aliphatic heterocycles. The molecule has 1 atom stereocenters. The lowest BCUT2D eigenvalue weighted by Gasteiger charge is -2.13. The molecule has 2 aromatic carbocycles. The summed E-state index contributed by atoms with van der Waals surface area (Å²) in [5, 5.41) is 9.45. The minimum absolute atomic E-state index is 0.0340. The highest BCUT2D eigenvalue weighted by atomic mass is 32.2. The summed E-state index contributed by atoms with van der Waals surface area (Å²) in [6.45, 7) is 4.45. The maximum absolute atomic E-state index is 12.7. The second-order valence-electron chi connectivity index (χ2n) is 6.03. The molecule has 0 bridgehead atoms. The van der Waals surface area contributed by atoms with Crippen molar-refractivity contribution in [1.29, 1.82) is 0 Å². The average Bonchev–Trinajstić information content (AvgIpc) is 3.19. The second kappa shape index (κ2) is 7.36. The predicted molar refractivity (Wildman–Crippen MR) is 106 cm³/mol. The van der Waals surface area contributed by atoms with Crippen molar-refractivity contribution in [3.8, 4) is 11.5 Å². The van der Waals surface area contributed by atoms with Crippen LogP contribution in [0.4, 0.5) is 0 Å². The zero-order chi connectivity index (χ0) is 18.8. The highest BCUT2D eigenvalue weighted by Crippen LogP contribution is 2.34. The number of hydrogen-bond acceptors (Lipinski definition) is 6. The van der Waals surface area contributed by atoms with Crippen LogP contribution >= 0.6 is 11.8 Å². The number of hydrogen-bond donors (Lipinski definition) is 0. The van der Waals surface area contributed by atoms with Crippen LogP contribution in [0.25, 0.3) is 22.4 Å². The van der Waals surface area contributed by atoms with E-state index in [2.05, 4.69) is 15.2 Å². The number of fused-ring (bicyclic) bond motifs is 1. The van der Waals surface area contributed by atoms with Crippen molar-refractivity contribution >= 4 is 22.7 Å². The van der Waals surface area contributed by atoms with Crippen molar-refractivity contribution in [2.24, 2.45) is 0 Å². The van der Waals surface area contributed by atoms with E-state index >= 15 is 0 Å². The van der Waals surface area contributed by atoms with Gasteiger partial charge in [-0.2, -0.15) is 0 Å². The van der Waals surface area contributed by atoms with Gasteiger partial charge in [-0.25, -0.2) is 4.98 Å². The van der Waals surface area contributed by atoms with E-state index in [9.17, 15) is 4.79 Å². The van der Waals surface area contributed by atoms with E-state index < -0.39 is 0 Å². The SMILES string of the molecule is CCn1c(SC(C)c2nnc(-c3ccccc3)o2)nc2ccccc2c1=O. The Hall–Kier alpha value is -2.93. The summed E-state index contributed by atoms with van der Waals surface area (Å²) < 4.78 is 7.52. The first-order chi connectivity index (χ1) is 13.2. The molecular weight excluding hydrogens is 360 g/mol. The third-order valence-electron chi connectivity index (χ3n) is 4.23. The molecule has 2 heterocycles. The van der Waals surface area contributed by atoms with Crippen molar-refractivity contribution in [3.63, 3.8) is 0 Å². The third-order valence-corrected chi connectivity index (χ3v) is 5.31. The Kier molecular flexibility index (Phi) is 4.77. The number of aromatic nitrogens is 4. The second-order valence-corrected chi connectivity index (χ2v) is 7.34. The van der Waals surface area contributed by atoms with Gasteiger partial charge < -0.3 is 4.42 Å². The molecule has 27 heavy (non-hydrogen) atoms. The van der Waals surface area contributed by atoms with Gasteiger partial charge in [0.25, 0.3) is 5.56 Å². The van der Waals surface area contributed by atoms with Gasteiger partial charge in [-0.1, -0.05) is 42.1 Å². The van der Waals surface area contributed by atoms with Gasteiger partial charge in [-0.05, 0) is 38.1 Å². The van der Waals surface area contributed by atoms with Crippen LogP contribution in [0.5, 0.6) is 0 Å². The molecule has 6 nitrogen and oxygen atoms in total. The lowest BCUT2D eigenvalue weighted by atomic mass is 10.2. The van der Waals surface area contributed by atoms with Crippen LogP contribution in [0.3, 0.4) is 0 Å². The highest BCUT2D eigenvalue weighted by molar-refractivity contribution is 7.99. The number of para-hydroxylation sites is 1. The Morgan fingerprint density at radius 1 is 1.07 bits per heavy atom. The highest BCUT2D eigenvalue weighted by Gasteiger charge is 2.19. The molecular formula is C20H18N4O2S. The van der Waals surface area contributed by atoms with Crippen molar-refractivity contribution in [1.82, 2.24) is 19.7 Å².